The van der Waals surface area contributed by atoms with Gasteiger partial charge in [-0.05, 0) is 74.8 Å². The van der Waals surface area contributed by atoms with Gasteiger partial charge in [0.25, 0.3) is 0 Å². The zero-order chi connectivity index (χ0) is 30.8. The van der Waals surface area contributed by atoms with Crippen LogP contribution in [0.25, 0.3) is 0 Å². The van der Waals surface area contributed by atoms with Crippen LogP contribution in [-0.2, 0) is 6.42 Å². The molecule has 2 aromatic carbocycles. The number of benzene rings is 2. The van der Waals surface area contributed by atoms with Crippen LogP contribution >= 0.6 is 0 Å². The third kappa shape index (κ3) is 11.5. The first-order valence-electron chi connectivity index (χ1n) is 16.3. The number of aryl methyl sites for hydroxylation is 1. The van der Waals surface area contributed by atoms with Gasteiger partial charge in [0, 0.05) is 30.9 Å². The van der Waals surface area contributed by atoms with E-state index in [4.69, 9.17) is 4.99 Å². The molecule has 0 aromatic heterocycles. The summed E-state index contributed by atoms with van der Waals surface area (Å²) < 4.78 is 0. The number of rotatable bonds is 13. The minimum absolute atomic E-state index is 0. The molecule has 0 bridgehead atoms. The predicted molar refractivity (Wildman–Crippen MR) is 181 cm³/mol. The smallest absolute Gasteiger partial charge is 0.168 e. The Hall–Kier alpha value is -2.81. The number of allylic oxidation sites excluding steroid dienone is 1. The van der Waals surface area contributed by atoms with Gasteiger partial charge in [-0.3, -0.25) is 14.6 Å². The minimum Gasteiger partial charge on any atom is -0.295 e. The predicted octanol–water partition coefficient (Wildman–Crippen LogP) is 11.5. The molecule has 0 saturated carbocycles. The van der Waals surface area contributed by atoms with E-state index in [0.29, 0.717) is 18.3 Å². The highest BCUT2D eigenvalue weighted by atomic mass is 16.1. The summed E-state index contributed by atoms with van der Waals surface area (Å²) in [5.74, 6) is 1.50. The lowest BCUT2D eigenvalue weighted by atomic mass is 9.83. The molecule has 3 nitrogen and oxygen atoms in total. The van der Waals surface area contributed by atoms with Crippen molar-refractivity contribution in [3.63, 3.8) is 0 Å². The molecule has 3 heteroatoms. The molecule has 1 aliphatic heterocycles. The van der Waals surface area contributed by atoms with Gasteiger partial charge in [-0.25, -0.2) is 0 Å². The van der Waals surface area contributed by atoms with Crippen LogP contribution in [-0.4, -0.2) is 17.3 Å². The highest BCUT2D eigenvalue weighted by molar-refractivity contribution is 6.10. The van der Waals surface area contributed by atoms with Crippen molar-refractivity contribution in [3.8, 4) is 0 Å². The van der Waals surface area contributed by atoms with E-state index in [-0.39, 0.29) is 18.9 Å². The van der Waals surface area contributed by atoms with Crippen molar-refractivity contribution in [2.24, 2.45) is 16.8 Å². The summed E-state index contributed by atoms with van der Waals surface area (Å²) in [4.78, 5) is 30.0. The Kier molecular flexibility index (Phi) is 17.8. The summed E-state index contributed by atoms with van der Waals surface area (Å²) in [6, 6.07) is 16.3. The van der Waals surface area contributed by atoms with Crippen LogP contribution in [0.5, 0.6) is 0 Å². The molecule has 41 heavy (non-hydrogen) atoms. The maximum absolute atomic E-state index is 13.2. The topological polar surface area (TPSA) is 46.5 Å². The molecule has 3 unspecified atom stereocenters. The van der Waals surface area contributed by atoms with Crippen LogP contribution in [0.15, 0.2) is 65.3 Å². The van der Waals surface area contributed by atoms with E-state index in [1.165, 1.54) is 43.2 Å². The van der Waals surface area contributed by atoms with Gasteiger partial charge in [0.05, 0.1) is 0 Å². The average Bonchev–Trinajstić information content (AvgIpc) is 3.13. The third-order valence-corrected chi connectivity index (χ3v) is 8.03. The Labute approximate surface area is 253 Å². The van der Waals surface area contributed by atoms with E-state index < -0.39 is 0 Å². The highest BCUT2D eigenvalue weighted by Crippen LogP contribution is 2.31. The first-order chi connectivity index (χ1) is 19.8. The van der Waals surface area contributed by atoms with E-state index >= 15 is 0 Å². The molecular formula is C38H59NO2. The van der Waals surface area contributed by atoms with Gasteiger partial charge in [0.15, 0.2) is 11.6 Å². The molecule has 0 aliphatic carbocycles. The van der Waals surface area contributed by atoms with Gasteiger partial charge in [-0.2, -0.15) is 0 Å². The van der Waals surface area contributed by atoms with Crippen LogP contribution in [0.2, 0.25) is 0 Å². The number of Topliss-reactive ketones (excluding diaryl/α,β-unsaturated/α-hetero) is 2. The molecule has 0 N–H and O–H groups in total. The van der Waals surface area contributed by atoms with E-state index in [1.54, 1.807) is 6.92 Å². The fourth-order valence-electron chi connectivity index (χ4n) is 5.63. The normalized spacial score (nSPS) is 17.0. The van der Waals surface area contributed by atoms with E-state index in [9.17, 15) is 9.59 Å². The van der Waals surface area contributed by atoms with Crippen molar-refractivity contribution in [3.05, 3.63) is 82.6 Å². The maximum Gasteiger partial charge on any atom is 0.168 e. The molecule has 3 atom stereocenters. The van der Waals surface area contributed by atoms with Crippen LogP contribution in [0.3, 0.4) is 0 Å². The Morgan fingerprint density at radius 3 is 2.22 bits per heavy atom. The van der Waals surface area contributed by atoms with E-state index in [2.05, 4.69) is 45.9 Å². The monoisotopic (exact) mass is 561 g/mol. The van der Waals surface area contributed by atoms with Crippen molar-refractivity contribution < 1.29 is 11.0 Å². The second-order valence-electron chi connectivity index (χ2n) is 10.9. The largest absolute Gasteiger partial charge is 0.295 e. The lowest BCUT2D eigenvalue weighted by Crippen LogP contribution is -2.18. The van der Waals surface area contributed by atoms with Crippen LogP contribution < -0.4 is 0 Å². The fraction of sp³-hybridized carbons (Fsp3) is 0.553. The number of ketones is 2. The summed E-state index contributed by atoms with van der Waals surface area (Å²) >= 11 is 0. The number of hydrogen-bond acceptors (Lipinski definition) is 3. The fourth-order valence-corrected chi connectivity index (χ4v) is 5.63. The lowest BCUT2D eigenvalue weighted by Gasteiger charge is -2.21. The van der Waals surface area contributed by atoms with Gasteiger partial charge in [-0.15, -0.1) is 0 Å². The van der Waals surface area contributed by atoms with Gasteiger partial charge in [0.2, 0.25) is 0 Å². The SMILES string of the molecule is CC.CC.CCCCC(CCC)c1ccc(C(=O)CC2=NC=C(C)C(CCc3ccccc3C(C)=O)CC2C)cc1.[HH]. The number of aliphatic imine (C=N–C) groups is 1. The zero-order valence-corrected chi connectivity index (χ0v) is 27.6. The number of unbranched alkanes of at least 4 members (excludes halogenated alkanes) is 1. The third-order valence-electron chi connectivity index (χ3n) is 8.03. The second-order valence-corrected chi connectivity index (χ2v) is 10.9. The molecule has 0 radical (unpaired) electrons. The van der Waals surface area contributed by atoms with Gasteiger partial charge in [-0.1, -0.05) is 122 Å². The van der Waals surface area contributed by atoms with Crippen LogP contribution in [0.4, 0.5) is 0 Å². The van der Waals surface area contributed by atoms with Gasteiger partial charge < -0.3 is 0 Å². The summed E-state index contributed by atoms with van der Waals surface area (Å²) in [6.45, 7) is 18.5. The standard InChI is InChI=1S/C34H45NO2.2C2H6.H2/c1-6-8-12-27(11-7-2)28-15-18-30(19-16-28)34(37)22-33-24(3)21-31(25(4)23-35-33)20-17-29-13-9-10-14-32(29)26(5)36;2*1-2;/h9-10,13-16,18-19,23-24,27,31H,6-8,11-12,17,20-22H2,1-5H3;2*1-2H3;1H. The molecule has 1 heterocycles. The quantitative estimate of drug-likeness (QED) is 0.228. The summed E-state index contributed by atoms with van der Waals surface area (Å²) in [6.07, 6.45) is 11.3. The van der Waals surface area contributed by atoms with Crippen molar-refractivity contribution in [1.82, 2.24) is 0 Å². The highest BCUT2D eigenvalue weighted by Gasteiger charge is 2.24. The summed E-state index contributed by atoms with van der Waals surface area (Å²) in [7, 11) is 0. The van der Waals surface area contributed by atoms with Gasteiger partial charge >= 0.3 is 0 Å². The number of nitrogens with zero attached hydrogens (tertiary/aromatic N) is 1. The zero-order valence-electron chi connectivity index (χ0n) is 27.6. The molecule has 0 amide bonds. The van der Waals surface area contributed by atoms with Crippen molar-refractivity contribution in [2.45, 2.75) is 126 Å². The Balaban J connectivity index is 0.00000322. The first kappa shape index (κ1) is 36.2. The Bertz CT molecular complexity index is 1120. The molecule has 0 saturated heterocycles. The molecule has 0 fully saturated rings. The van der Waals surface area contributed by atoms with E-state index in [0.717, 1.165) is 41.7 Å². The average molecular weight is 562 g/mol. The van der Waals surface area contributed by atoms with Crippen molar-refractivity contribution >= 4 is 17.3 Å². The molecular weight excluding hydrogens is 502 g/mol. The Morgan fingerprint density at radius 2 is 1.61 bits per heavy atom. The molecule has 228 valence electrons. The van der Waals surface area contributed by atoms with Crippen molar-refractivity contribution in [1.29, 1.82) is 0 Å². The second kappa shape index (κ2) is 20.1. The molecule has 3 rings (SSSR count). The molecule has 1 aliphatic rings. The molecule has 2 aromatic rings. The van der Waals surface area contributed by atoms with Crippen molar-refractivity contribution in [2.75, 3.05) is 0 Å². The first-order valence-corrected chi connectivity index (χ1v) is 16.3. The van der Waals surface area contributed by atoms with Gasteiger partial charge in [0.1, 0.15) is 0 Å². The van der Waals surface area contributed by atoms with Crippen LogP contribution in [0.1, 0.15) is 153 Å². The number of carbonyl (C=O) groups is 2. The summed E-state index contributed by atoms with van der Waals surface area (Å²) in [5.41, 5.74) is 6.33. The van der Waals surface area contributed by atoms with E-state index in [1.807, 2.05) is 64.2 Å². The van der Waals surface area contributed by atoms with Crippen LogP contribution in [0, 0.1) is 11.8 Å². The number of carbonyl (C=O) groups excluding carboxylic acids is 2. The lowest BCUT2D eigenvalue weighted by molar-refractivity contribution is 0.0995. The molecule has 0 spiro atoms. The Morgan fingerprint density at radius 1 is 0.951 bits per heavy atom. The number of hydrogen-bond donors (Lipinski definition) is 0. The minimum atomic E-state index is 0. The maximum atomic E-state index is 13.2. The summed E-state index contributed by atoms with van der Waals surface area (Å²) in [5, 5.41) is 0.